The fourth-order valence-corrected chi connectivity index (χ4v) is 3.17. The molecule has 0 bridgehead atoms. The standard InChI is InChI=1S/C9H13BrN2S/c10-9-4-2-1-3-7(9)5-8-6-13-12-11-8/h6-7,9H,1-5H2. The van der Waals surface area contributed by atoms with Gasteiger partial charge in [0.25, 0.3) is 0 Å². The first-order chi connectivity index (χ1) is 6.36. The smallest absolute Gasteiger partial charge is 0.0758 e. The second-order valence-corrected chi connectivity index (χ2v) is 5.45. The molecule has 2 unspecified atom stereocenters. The van der Waals surface area contributed by atoms with Crippen molar-refractivity contribution >= 4 is 27.5 Å². The van der Waals surface area contributed by atoms with Crippen LogP contribution in [0.1, 0.15) is 31.4 Å². The lowest BCUT2D eigenvalue weighted by Gasteiger charge is -2.26. The van der Waals surface area contributed by atoms with Crippen LogP contribution in [0.2, 0.25) is 0 Å². The van der Waals surface area contributed by atoms with Crippen LogP contribution in [0.3, 0.4) is 0 Å². The van der Waals surface area contributed by atoms with Gasteiger partial charge in [0.1, 0.15) is 0 Å². The highest BCUT2D eigenvalue weighted by Crippen LogP contribution is 2.31. The maximum atomic E-state index is 4.09. The SMILES string of the molecule is BrC1CCCCC1Cc1csnn1. The van der Waals surface area contributed by atoms with E-state index in [9.17, 15) is 0 Å². The monoisotopic (exact) mass is 260 g/mol. The number of hydrogen-bond donors (Lipinski definition) is 0. The van der Waals surface area contributed by atoms with E-state index in [1.165, 1.54) is 42.9 Å². The second-order valence-electron chi connectivity index (χ2n) is 3.66. The molecule has 1 aliphatic carbocycles. The summed E-state index contributed by atoms with van der Waals surface area (Å²) in [5.41, 5.74) is 1.17. The Morgan fingerprint density at radius 2 is 2.31 bits per heavy atom. The average Bonchev–Trinajstić information content (AvgIpc) is 2.61. The Kier molecular flexibility index (Phi) is 3.33. The largest absolute Gasteiger partial charge is 0.143 e. The van der Waals surface area contributed by atoms with Crippen molar-refractivity contribution in [1.82, 2.24) is 9.59 Å². The maximum Gasteiger partial charge on any atom is 0.0758 e. The molecule has 1 fully saturated rings. The molecular formula is C9H13BrN2S. The molecule has 13 heavy (non-hydrogen) atoms. The van der Waals surface area contributed by atoms with Crippen LogP contribution in [-0.2, 0) is 6.42 Å². The van der Waals surface area contributed by atoms with E-state index in [1.54, 1.807) is 0 Å². The molecule has 1 aliphatic rings. The highest BCUT2D eigenvalue weighted by molar-refractivity contribution is 9.09. The molecule has 72 valence electrons. The minimum atomic E-state index is 0.697. The van der Waals surface area contributed by atoms with Crippen LogP contribution in [0.5, 0.6) is 0 Å². The fraction of sp³-hybridized carbons (Fsp3) is 0.778. The predicted octanol–water partition coefficient (Wildman–Crippen LogP) is 3.03. The Morgan fingerprint density at radius 3 is 3.00 bits per heavy atom. The summed E-state index contributed by atoms with van der Waals surface area (Å²) in [7, 11) is 0. The number of nitrogens with zero attached hydrogens (tertiary/aromatic N) is 2. The molecule has 0 saturated heterocycles. The highest BCUT2D eigenvalue weighted by Gasteiger charge is 2.23. The topological polar surface area (TPSA) is 25.8 Å². The molecule has 0 N–H and O–H groups in total. The van der Waals surface area contributed by atoms with Crippen LogP contribution in [-0.4, -0.2) is 14.4 Å². The van der Waals surface area contributed by atoms with E-state index >= 15 is 0 Å². The zero-order valence-electron chi connectivity index (χ0n) is 7.45. The third-order valence-corrected chi connectivity index (χ3v) is 4.45. The Hall–Kier alpha value is 0.0400. The number of halogens is 1. The van der Waals surface area contributed by atoms with Gasteiger partial charge < -0.3 is 0 Å². The minimum absolute atomic E-state index is 0.697. The van der Waals surface area contributed by atoms with Crippen LogP contribution >= 0.6 is 27.5 Å². The van der Waals surface area contributed by atoms with Gasteiger partial charge in [0, 0.05) is 10.2 Å². The summed E-state index contributed by atoms with van der Waals surface area (Å²) in [6, 6.07) is 0. The van der Waals surface area contributed by atoms with Gasteiger partial charge in [0.15, 0.2) is 0 Å². The lowest BCUT2D eigenvalue weighted by molar-refractivity contribution is 0.371. The maximum absolute atomic E-state index is 4.09. The zero-order chi connectivity index (χ0) is 9.10. The summed E-state index contributed by atoms with van der Waals surface area (Å²) in [5, 5.41) is 6.16. The van der Waals surface area contributed by atoms with Crippen LogP contribution in [0, 0.1) is 5.92 Å². The van der Waals surface area contributed by atoms with Gasteiger partial charge >= 0.3 is 0 Å². The highest BCUT2D eigenvalue weighted by atomic mass is 79.9. The molecule has 2 nitrogen and oxygen atoms in total. The quantitative estimate of drug-likeness (QED) is 0.765. The number of rotatable bonds is 2. The molecule has 2 rings (SSSR count). The predicted molar refractivity (Wildman–Crippen MR) is 58.3 cm³/mol. The van der Waals surface area contributed by atoms with Crippen molar-refractivity contribution in [2.75, 3.05) is 0 Å². The summed E-state index contributed by atoms with van der Waals surface area (Å²) < 4.78 is 3.89. The third-order valence-electron chi connectivity index (χ3n) is 2.69. The van der Waals surface area contributed by atoms with Crippen LogP contribution < -0.4 is 0 Å². The van der Waals surface area contributed by atoms with E-state index in [0.29, 0.717) is 4.83 Å². The van der Waals surface area contributed by atoms with E-state index in [1.807, 2.05) is 0 Å². The molecule has 0 radical (unpaired) electrons. The summed E-state index contributed by atoms with van der Waals surface area (Å²) in [6.07, 6.45) is 6.52. The van der Waals surface area contributed by atoms with E-state index in [0.717, 1.165) is 12.3 Å². The van der Waals surface area contributed by atoms with Gasteiger partial charge in [-0.05, 0) is 36.7 Å². The number of aromatic nitrogens is 2. The van der Waals surface area contributed by atoms with E-state index < -0.39 is 0 Å². The van der Waals surface area contributed by atoms with Gasteiger partial charge in [-0.2, -0.15) is 0 Å². The molecule has 1 aromatic heterocycles. The van der Waals surface area contributed by atoms with Crippen molar-refractivity contribution in [2.24, 2.45) is 5.92 Å². The second kappa shape index (κ2) is 4.51. The summed E-state index contributed by atoms with van der Waals surface area (Å²) in [6.45, 7) is 0. The molecule has 1 heterocycles. The van der Waals surface area contributed by atoms with Crippen LogP contribution in [0.25, 0.3) is 0 Å². The van der Waals surface area contributed by atoms with Crippen LogP contribution in [0.15, 0.2) is 5.38 Å². The summed E-state index contributed by atoms with van der Waals surface area (Å²) in [5.74, 6) is 0.776. The lowest BCUT2D eigenvalue weighted by atomic mass is 9.86. The van der Waals surface area contributed by atoms with E-state index in [-0.39, 0.29) is 0 Å². The third kappa shape index (κ3) is 2.50. The van der Waals surface area contributed by atoms with Gasteiger partial charge in [-0.1, -0.05) is 33.3 Å². The molecule has 4 heteroatoms. The van der Waals surface area contributed by atoms with Gasteiger partial charge in [-0.3, -0.25) is 0 Å². The number of hydrogen-bond acceptors (Lipinski definition) is 3. The Bertz CT molecular complexity index is 250. The van der Waals surface area contributed by atoms with Gasteiger partial charge in [-0.25, -0.2) is 0 Å². The van der Waals surface area contributed by atoms with Crippen molar-refractivity contribution in [3.63, 3.8) is 0 Å². The molecule has 0 spiro atoms. The van der Waals surface area contributed by atoms with E-state index in [4.69, 9.17) is 0 Å². The first-order valence-corrected chi connectivity index (χ1v) is 6.51. The zero-order valence-corrected chi connectivity index (χ0v) is 9.85. The summed E-state index contributed by atoms with van der Waals surface area (Å²) in [4.78, 5) is 0.697. The first kappa shape index (κ1) is 9.59. The fourth-order valence-electron chi connectivity index (χ4n) is 1.93. The normalized spacial score (nSPS) is 29.0. The van der Waals surface area contributed by atoms with Crippen LogP contribution in [0.4, 0.5) is 0 Å². The molecule has 1 aromatic rings. The number of alkyl halides is 1. The van der Waals surface area contributed by atoms with Crippen molar-refractivity contribution in [1.29, 1.82) is 0 Å². The first-order valence-electron chi connectivity index (χ1n) is 4.76. The van der Waals surface area contributed by atoms with Gasteiger partial charge in [0.2, 0.25) is 0 Å². The lowest BCUT2D eigenvalue weighted by Crippen LogP contribution is -2.21. The molecule has 2 atom stereocenters. The van der Waals surface area contributed by atoms with E-state index in [2.05, 4.69) is 30.9 Å². The van der Waals surface area contributed by atoms with Crippen molar-refractivity contribution in [3.8, 4) is 0 Å². The minimum Gasteiger partial charge on any atom is -0.143 e. The van der Waals surface area contributed by atoms with Crippen molar-refractivity contribution in [3.05, 3.63) is 11.1 Å². The Morgan fingerprint density at radius 1 is 1.46 bits per heavy atom. The molecule has 0 amide bonds. The molecule has 0 aliphatic heterocycles. The molecule has 1 saturated carbocycles. The Balaban J connectivity index is 1.93. The van der Waals surface area contributed by atoms with Gasteiger partial charge in [-0.15, -0.1) is 5.10 Å². The van der Waals surface area contributed by atoms with Crippen molar-refractivity contribution < 1.29 is 0 Å². The Labute approximate surface area is 91.0 Å². The summed E-state index contributed by atoms with van der Waals surface area (Å²) >= 11 is 5.21. The molecule has 0 aromatic carbocycles. The molecular weight excluding hydrogens is 248 g/mol. The average molecular weight is 261 g/mol. The van der Waals surface area contributed by atoms with Gasteiger partial charge in [0.05, 0.1) is 5.69 Å². The van der Waals surface area contributed by atoms with Crippen molar-refractivity contribution in [2.45, 2.75) is 36.9 Å².